The van der Waals surface area contributed by atoms with Crippen LogP contribution >= 0.6 is 23.2 Å². The number of amidine groups is 1. The van der Waals surface area contributed by atoms with E-state index >= 15 is 0 Å². The molecule has 0 N–H and O–H groups in total. The second-order valence-electron chi connectivity index (χ2n) is 6.72. The molecule has 0 spiro atoms. The molecule has 0 radical (unpaired) electrons. The van der Waals surface area contributed by atoms with E-state index in [9.17, 15) is 4.79 Å². The molecule has 1 amide bonds. The maximum atomic E-state index is 13.1. The van der Waals surface area contributed by atoms with E-state index < -0.39 is 0 Å². The summed E-state index contributed by atoms with van der Waals surface area (Å²) in [7, 11) is 0. The van der Waals surface area contributed by atoms with E-state index in [0.717, 1.165) is 16.7 Å². The number of hydrogen-bond acceptors (Lipinski definition) is 2. The lowest BCUT2D eigenvalue weighted by Gasteiger charge is -2.18. The Balaban J connectivity index is 1.63. The molecular formula is C24H18Cl2N2O. The summed E-state index contributed by atoms with van der Waals surface area (Å²) in [4.78, 5) is 19.5. The Morgan fingerprint density at radius 1 is 0.828 bits per heavy atom. The maximum absolute atomic E-state index is 13.1. The fourth-order valence-electron chi connectivity index (χ4n) is 3.17. The van der Waals surface area contributed by atoms with Crippen molar-refractivity contribution < 1.29 is 4.79 Å². The summed E-state index contributed by atoms with van der Waals surface area (Å²) in [6.07, 6.45) is 2.51. The van der Waals surface area contributed by atoms with Crippen LogP contribution in [0.2, 0.25) is 10.0 Å². The van der Waals surface area contributed by atoms with Gasteiger partial charge in [-0.15, -0.1) is 0 Å². The molecule has 0 unspecified atom stereocenters. The summed E-state index contributed by atoms with van der Waals surface area (Å²) in [5.41, 5.74) is 3.33. The van der Waals surface area contributed by atoms with Crippen LogP contribution < -0.4 is 0 Å². The number of halogens is 2. The van der Waals surface area contributed by atoms with Crippen LogP contribution in [0.5, 0.6) is 0 Å². The largest absolute Gasteiger partial charge is 0.290 e. The highest BCUT2D eigenvalue weighted by atomic mass is 35.5. The number of carbonyl (C=O) groups excluding carboxylic acids is 1. The molecule has 3 aromatic carbocycles. The number of carbonyl (C=O) groups is 1. The molecular weight excluding hydrogens is 403 g/mol. The molecule has 0 saturated carbocycles. The normalized spacial score (nSPS) is 15.1. The van der Waals surface area contributed by atoms with Gasteiger partial charge in [-0.1, -0.05) is 77.8 Å². The zero-order chi connectivity index (χ0) is 20.2. The zero-order valence-corrected chi connectivity index (χ0v) is 17.1. The van der Waals surface area contributed by atoms with Crippen LogP contribution in [-0.2, 0) is 11.2 Å². The first-order valence-electron chi connectivity index (χ1n) is 9.28. The molecule has 1 aliphatic heterocycles. The van der Waals surface area contributed by atoms with Gasteiger partial charge in [-0.05, 0) is 47.9 Å². The second-order valence-corrected chi connectivity index (χ2v) is 7.59. The lowest BCUT2D eigenvalue weighted by molar-refractivity contribution is -0.122. The molecule has 0 bridgehead atoms. The first-order chi connectivity index (χ1) is 14.1. The minimum Gasteiger partial charge on any atom is -0.290 e. The van der Waals surface area contributed by atoms with Crippen molar-refractivity contribution in [2.75, 3.05) is 6.54 Å². The average Bonchev–Trinajstić information content (AvgIpc) is 3.05. The highest BCUT2D eigenvalue weighted by Gasteiger charge is 2.30. The van der Waals surface area contributed by atoms with Crippen LogP contribution in [0.3, 0.4) is 0 Å². The molecule has 4 rings (SSSR count). The Morgan fingerprint density at radius 2 is 1.45 bits per heavy atom. The molecule has 0 atom stereocenters. The second kappa shape index (κ2) is 8.64. The van der Waals surface area contributed by atoms with Gasteiger partial charge in [-0.3, -0.25) is 9.69 Å². The Hall–Kier alpha value is -2.88. The number of aliphatic imine (C=N–C) groups is 1. The van der Waals surface area contributed by atoms with Crippen molar-refractivity contribution >= 4 is 41.0 Å². The van der Waals surface area contributed by atoms with Gasteiger partial charge in [0, 0.05) is 22.2 Å². The van der Waals surface area contributed by atoms with Crippen molar-refractivity contribution in [2.45, 2.75) is 6.42 Å². The van der Waals surface area contributed by atoms with Crippen LogP contribution in [0.4, 0.5) is 0 Å². The first-order valence-corrected chi connectivity index (χ1v) is 10.0. The summed E-state index contributed by atoms with van der Waals surface area (Å²) in [6.45, 7) is 0.534. The highest BCUT2D eigenvalue weighted by Crippen LogP contribution is 2.23. The third-order valence-corrected chi connectivity index (χ3v) is 5.19. The fraction of sp³-hybridized carbons (Fsp3) is 0.0833. The van der Waals surface area contributed by atoms with Crippen LogP contribution in [0, 0.1) is 0 Å². The molecule has 144 valence electrons. The van der Waals surface area contributed by atoms with E-state index in [4.69, 9.17) is 23.2 Å². The van der Waals surface area contributed by atoms with Crippen molar-refractivity contribution in [1.29, 1.82) is 0 Å². The van der Waals surface area contributed by atoms with Gasteiger partial charge in [0.2, 0.25) is 0 Å². The van der Waals surface area contributed by atoms with Gasteiger partial charge in [-0.25, -0.2) is 4.99 Å². The number of nitrogens with zero attached hydrogens (tertiary/aromatic N) is 2. The van der Waals surface area contributed by atoms with E-state index in [1.165, 1.54) is 0 Å². The van der Waals surface area contributed by atoms with Gasteiger partial charge >= 0.3 is 0 Å². The average molecular weight is 421 g/mol. The first kappa shape index (κ1) is 19.4. The van der Waals surface area contributed by atoms with Crippen molar-refractivity contribution in [2.24, 2.45) is 4.99 Å². The third kappa shape index (κ3) is 4.58. The van der Waals surface area contributed by atoms with E-state index in [2.05, 4.69) is 4.99 Å². The van der Waals surface area contributed by atoms with Crippen LogP contribution in [0.1, 0.15) is 16.7 Å². The topological polar surface area (TPSA) is 32.7 Å². The molecule has 0 saturated heterocycles. The minimum absolute atomic E-state index is 0.104. The van der Waals surface area contributed by atoms with Crippen molar-refractivity contribution in [1.82, 2.24) is 4.90 Å². The quantitative estimate of drug-likeness (QED) is 0.475. The fourth-order valence-corrected chi connectivity index (χ4v) is 3.43. The Labute approximate surface area is 179 Å². The minimum atomic E-state index is -0.104. The summed E-state index contributed by atoms with van der Waals surface area (Å²) >= 11 is 11.9. The Morgan fingerprint density at radius 3 is 2.10 bits per heavy atom. The predicted octanol–water partition coefficient (Wildman–Crippen LogP) is 5.87. The van der Waals surface area contributed by atoms with E-state index in [0.29, 0.717) is 34.5 Å². The predicted molar refractivity (Wildman–Crippen MR) is 119 cm³/mol. The number of hydrogen-bond donors (Lipinski definition) is 0. The summed E-state index contributed by atoms with van der Waals surface area (Å²) in [5.74, 6) is 0.567. The van der Waals surface area contributed by atoms with E-state index in [1.807, 2.05) is 66.7 Å². The van der Waals surface area contributed by atoms with Crippen molar-refractivity contribution in [3.05, 3.63) is 111 Å². The van der Waals surface area contributed by atoms with Gasteiger partial charge in [0.15, 0.2) is 0 Å². The number of benzene rings is 3. The molecule has 3 nitrogen and oxygen atoms in total. The van der Waals surface area contributed by atoms with Crippen molar-refractivity contribution in [3.8, 4) is 0 Å². The SMILES string of the molecule is O=C1/C(=C/c2ccc(Cl)cc2)N=C(c2ccccc2)N1CCc1ccc(Cl)cc1. The molecule has 5 heteroatoms. The van der Waals surface area contributed by atoms with Crippen LogP contribution in [0.25, 0.3) is 6.08 Å². The molecule has 1 aliphatic rings. The monoisotopic (exact) mass is 420 g/mol. The van der Waals surface area contributed by atoms with Gasteiger partial charge < -0.3 is 0 Å². The molecule has 0 aromatic heterocycles. The lowest BCUT2D eigenvalue weighted by atomic mass is 10.1. The molecule has 3 aromatic rings. The van der Waals surface area contributed by atoms with E-state index in [1.54, 1.807) is 23.1 Å². The third-order valence-electron chi connectivity index (χ3n) is 4.69. The smallest absolute Gasteiger partial charge is 0.278 e. The summed E-state index contributed by atoms with van der Waals surface area (Å²) < 4.78 is 0. The molecule has 0 fully saturated rings. The van der Waals surface area contributed by atoms with Gasteiger partial charge in [-0.2, -0.15) is 0 Å². The molecule has 0 aliphatic carbocycles. The highest BCUT2D eigenvalue weighted by molar-refractivity contribution is 6.30. The summed E-state index contributed by atoms with van der Waals surface area (Å²) in [5, 5.41) is 1.36. The number of rotatable bonds is 5. The Bertz CT molecular complexity index is 1070. The number of amides is 1. The van der Waals surface area contributed by atoms with Crippen molar-refractivity contribution in [3.63, 3.8) is 0 Å². The van der Waals surface area contributed by atoms with Gasteiger partial charge in [0.05, 0.1) is 0 Å². The van der Waals surface area contributed by atoms with Crippen LogP contribution in [-0.4, -0.2) is 23.2 Å². The lowest BCUT2D eigenvalue weighted by Crippen LogP contribution is -2.34. The molecule has 29 heavy (non-hydrogen) atoms. The molecule has 1 heterocycles. The van der Waals surface area contributed by atoms with Gasteiger partial charge in [0.25, 0.3) is 5.91 Å². The maximum Gasteiger partial charge on any atom is 0.278 e. The zero-order valence-electron chi connectivity index (χ0n) is 15.6. The summed E-state index contributed by atoms with van der Waals surface area (Å²) in [6, 6.07) is 24.8. The van der Waals surface area contributed by atoms with Crippen LogP contribution in [0.15, 0.2) is 89.6 Å². The Kier molecular flexibility index (Phi) is 5.79. The van der Waals surface area contributed by atoms with E-state index in [-0.39, 0.29) is 5.91 Å². The van der Waals surface area contributed by atoms with Gasteiger partial charge in [0.1, 0.15) is 11.5 Å². The standard InChI is InChI=1S/C24H18Cl2N2O/c25-20-10-6-17(7-11-20)14-15-28-23(19-4-2-1-3-5-19)27-22(24(28)29)16-18-8-12-21(26)13-9-18/h1-13,16H,14-15H2/b22-16-.